The van der Waals surface area contributed by atoms with Gasteiger partial charge in [-0.2, -0.15) is 0 Å². The van der Waals surface area contributed by atoms with E-state index in [0.717, 1.165) is 11.1 Å². The van der Waals surface area contributed by atoms with Crippen LogP contribution in [0.3, 0.4) is 0 Å². The average molecular weight is 378 g/mol. The Balaban J connectivity index is 1.78. The van der Waals surface area contributed by atoms with Gasteiger partial charge in [-0.15, -0.1) is 0 Å². The first-order valence-electron chi connectivity index (χ1n) is 8.36. The number of carbonyl (C=O) groups is 1. The van der Waals surface area contributed by atoms with E-state index in [1.54, 1.807) is 59.8 Å². The van der Waals surface area contributed by atoms with Gasteiger partial charge in [-0.25, -0.2) is 0 Å². The zero-order valence-corrected chi connectivity index (χ0v) is 15.1. The van der Waals surface area contributed by atoms with Gasteiger partial charge in [0, 0.05) is 29.2 Å². The quantitative estimate of drug-likeness (QED) is 0.546. The number of nitrogen functional groups attached to an aromatic ring is 1. The minimum atomic E-state index is -0.246. The lowest BCUT2D eigenvalue weighted by atomic mass is 10.1. The standard InChI is InChI=1S/C21H16ClN3O2/c22-17-4-2-1-3-15(17)13-25-18-6-5-16(23)12-19(18)27-20(21(25)26)11-14-7-9-24-10-8-14/h1-12H,13,23H2/b20-11+. The second kappa shape index (κ2) is 7.13. The van der Waals surface area contributed by atoms with Crippen LogP contribution in [0.5, 0.6) is 5.75 Å². The molecular weight excluding hydrogens is 362 g/mol. The molecule has 0 unspecified atom stereocenters. The third-order valence-electron chi connectivity index (χ3n) is 4.24. The number of hydrogen-bond donors (Lipinski definition) is 1. The number of anilines is 2. The molecule has 1 aromatic heterocycles. The highest BCUT2D eigenvalue weighted by molar-refractivity contribution is 6.31. The molecule has 27 heavy (non-hydrogen) atoms. The van der Waals surface area contributed by atoms with Gasteiger partial charge in [-0.05, 0) is 47.5 Å². The Hall–Kier alpha value is -3.31. The minimum Gasteiger partial charge on any atom is -0.449 e. The van der Waals surface area contributed by atoms with Crippen LogP contribution in [0.1, 0.15) is 11.1 Å². The highest BCUT2D eigenvalue weighted by atomic mass is 35.5. The number of carbonyl (C=O) groups excluding carboxylic acids is 1. The Morgan fingerprint density at radius 1 is 1.11 bits per heavy atom. The maximum Gasteiger partial charge on any atom is 0.294 e. The number of nitrogens with zero attached hydrogens (tertiary/aromatic N) is 2. The van der Waals surface area contributed by atoms with E-state index in [1.165, 1.54) is 0 Å². The van der Waals surface area contributed by atoms with Crippen LogP contribution in [-0.4, -0.2) is 10.9 Å². The molecule has 0 bridgehead atoms. The SMILES string of the molecule is Nc1ccc2c(c1)O/C(=C/c1ccncc1)C(=O)N2Cc1ccccc1Cl. The van der Waals surface area contributed by atoms with Crippen molar-refractivity contribution in [3.8, 4) is 5.75 Å². The molecule has 5 nitrogen and oxygen atoms in total. The maximum absolute atomic E-state index is 13.1. The number of amides is 1. The van der Waals surface area contributed by atoms with Crippen molar-refractivity contribution < 1.29 is 9.53 Å². The van der Waals surface area contributed by atoms with Gasteiger partial charge < -0.3 is 10.5 Å². The fourth-order valence-electron chi connectivity index (χ4n) is 2.90. The van der Waals surface area contributed by atoms with E-state index in [1.807, 2.05) is 18.2 Å². The fourth-order valence-corrected chi connectivity index (χ4v) is 3.09. The highest BCUT2D eigenvalue weighted by Gasteiger charge is 2.31. The highest BCUT2D eigenvalue weighted by Crippen LogP contribution is 2.38. The molecule has 2 N–H and O–H groups in total. The second-order valence-corrected chi connectivity index (χ2v) is 6.51. The first-order chi connectivity index (χ1) is 13.1. The molecule has 0 fully saturated rings. The molecule has 2 aromatic carbocycles. The van der Waals surface area contributed by atoms with Crippen molar-refractivity contribution in [1.29, 1.82) is 0 Å². The van der Waals surface area contributed by atoms with Gasteiger partial charge >= 0.3 is 0 Å². The number of benzene rings is 2. The van der Waals surface area contributed by atoms with Gasteiger partial charge in [-0.3, -0.25) is 14.7 Å². The summed E-state index contributed by atoms with van der Waals surface area (Å²) >= 11 is 6.30. The van der Waals surface area contributed by atoms with E-state index in [4.69, 9.17) is 22.1 Å². The van der Waals surface area contributed by atoms with Crippen LogP contribution in [0.15, 0.2) is 72.8 Å². The second-order valence-electron chi connectivity index (χ2n) is 6.10. The van der Waals surface area contributed by atoms with Crippen molar-refractivity contribution in [2.45, 2.75) is 6.54 Å². The number of halogens is 1. The van der Waals surface area contributed by atoms with E-state index < -0.39 is 0 Å². The summed E-state index contributed by atoms with van der Waals surface area (Å²) in [5.74, 6) is 0.498. The number of aromatic nitrogens is 1. The number of ether oxygens (including phenoxy) is 1. The predicted molar refractivity (Wildman–Crippen MR) is 106 cm³/mol. The summed E-state index contributed by atoms with van der Waals surface area (Å²) in [7, 11) is 0. The van der Waals surface area contributed by atoms with Crippen LogP contribution in [0.25, 0.3) is 6.08 Å². The molecule has 134 valence electrons. The van der Waals surface area contributed by atoms with E-state index in [-0.39, 0.29) is 11.7 Å². The zero-order chi connectivity index (χ0) is 18.8. The van der Waals surface area contributed by atoms with Crippen molar-refractivity contribution in [2.75, 3.05) is 10.6 Å². The molecule has 1 aliphatic heterocycles. The summed E-state index contributed by atoms with van der Waals surface area (Å²) in [6, 6.07) is 16.3. The van der Waals surface area contributed by atoms with E-state index in [0.29, 0.717) is 28.7 Å². The largest absolute Gasteiger partial charge is 0.449 e. The molecule has 3 aromatic rings. The monoisotopic (exact) mass is 377 g/mol. The maximum atomic E-state index is 13.1. The molecular formula is C21H16ClN3O2. The number of fused-ring (bicyclic) bond motifs is 1. The third kappa shape index (κ3) is 3.50. The molecule has 2 heterocycles. The first-order valence-corrected chi connectivity index (χ1v) is 8.74. The Morgan fingerprint density at radius 3 is 2.67 bits per heavy atom. The smallest absolute Gasteiger partial charge is 0.294 e. The van der Waals surface area contributed by atoms with E-state index in [9.17, 15) is 4.79 Å². The van der Waals surface area contributed by atoms with Crippen molar-refractivity contribution in [1.82, 2.24) is 4.98 Å². The molecule has 0 radical (unpaired) electrons. The molecule has 0 spiro atoms. The molecule has 1 aliphatic rings. The lowest BCUT2D eigenvalue weighted by molar-refractivity contribution is -0.117. The lowest BCUT2D eigenvalue weighted by Crippen LogP contribution is -2.37. The average Bonchev–Trinajstić information content (AvgIpc) is 2.67. The zero-order valence-electron chi connectivity index (χ0n) is 14.3. The van der Waals surface area contributed by atoms with E-state index >= 15 is 0 Å². The minimum absolute atomic E-state index is 0.214. The van der Waals surface area contributed by atoms with Gasteiger partial charge in [0.05, 0.1) is 12.2 Å². The molecule has 1 amide bonds. The molecule has 4 rings (SSSR count). The van der Waals surface area contributed by atoms with Crippen LogP contribution in [-0.2, 0) is 11.3 Å². The van der Waals surface area contributed by atoms with Crippen LogP contribution < -0.4 is 15.4 Å². The fraction of sp³-hybridized carbons (Fsp3) is 0.0476. The summed E-state index contributed by atoms with van der Waals surface area (Å²) in [6.45, 7) is 0.326. The Labute approximate surface area is 161 Å². The van der Waals surface area contributed by atoms with Crippen molar-refractivity contribution in [2.24, 2.45) is 0 Å². The van der Waals surface area contributed by atoms with Crippen LogP contribution in [0.4, 0.5) is 11.4 Å². The summed E-state index contributed by atoms with van der Waals surface area (Å²) in [6.07, 6.45) is 5.01. The number of rotatable bonds is 3. The normalized spacial score (nSPS) is 14.8. The van der Waals surface area contributed by atoms with Crippen molar-refractivity contribution in [3.63, 3.8) is 0 Å². The number of nitrogens with two attached hydrogens (primary N) is 1. The van der Waals surface area contributed by atoms with Gasteiger partial charge in [-0.1, -0.05) is 29.8 Å². The topological polar surface area (TPSA) is 68.5 Å². The van der Waals surface area contributed by atoms with Crippen molar-refractivity contribution >= 4 is 35.0 Å². The van der Waals surface area contributed by atoms with Gasteiger partial charge in [0.25, 0.3) is 5.91 Å². The van der Waals surface area contributed by atoms with Crippen molar-refractivity contribution in [3.05, 3.63) is 88.9 Å². The third-order valence-corrected chi connectivity index (χ3v) is 4.61. The Bertz CT molecular complexity index is 1030. The predicted octanol–water partition coefficient (Wildman–Crippen LogP) is 4.28. The summed E-state index contributed by atoms with van der Waals surface area (Å²) in [4.78, 5) is 18.8. The van der Waals surface area contributed by atoms with Crippen LogP contribution in [0.2, 0.25) is 5.02 Å². The molecule has 0 atom stereocenters. The summed E-state index contributed by atoms with van der Waals surface area (Å²) in [5.41, 5.74) is 8.78. The molecule has 0 aliphatic carbocycles. The number of pyridine rings is 1. The van der Waals surface area contributed by atoms with Gasteiger partial charge in [0.15, 0.2) is 11.5 Å². The first kappa shape index (κ1) is 17.1. The van der Waals surface area contributed by atoms with Gasteiger partial charge in [0.1, 0.15) is 0 Å². The van der Waals surface area contributed by atoms with E-state index in [2.05, 4.69) is 4.98 Å². The van der Waals surface area contributed by atoms with Crippen LogP contribution >= 0.6 is 11.6 Å². The Morgan fingerprint density at radius 2 is 1.89 bits per heavy atom. The summed E-state index contributed by atoms with van der Waals surface area (Å²) < 4.78 is 5.86. The molecule has 0 saturated carbocycles. The Kier molecular flexibility index (Phi) is 4.52. The number of hydrogen-bond acceptors (Lipinski definition) is 4. The lowest BCUT2D eigenvalue weighted by Gasteiger charge is -2.31. The molecule has 6 heteroatoms. The van der Waals surface area contributed by atoms with Gasteiger partial charge in [0.2, 0.25) is 0 Å². The van der Waals surface area contributed by atoms with Crippen LogP contribution in [0, 0.1) is 0 Å². The summed E-state index contributed by atoms with van der Waals surface area (Å²) in [5, 5.41) is 0.605. The molecule has 0 saturated heterocycles.